The molecule has 0 aromatic heterocycles. The number of hydrogen-bond acceptors (Lipinski definition) is 1. The normalized spacial score (nSPS) is 10.6. The third kappa shape index (κ3) is 5.97. The van der Waals surface area contributed by atoms with E-state index in [9.17, 15) is 26.3 Å². The zero-order chi connectivity index (χ0) is 26.5. The van der Waals surface area contributed by atoms with Crippen LogP contribution in [0.5, 0.6) is 0 Å². The largest absolute Gasteiger partial charge is 0.385 e. The number of ether oxygens (including phenoxy) is 1. The highest BCUT2D eigenvalue weighted by Crippen LogP contribution is 2.24. The van der Waals surface area contributed by atoms with Gasteiger partial charge in [0.25, 0.3) is 0 Å². The number of benzene rings is 4. The van der Waals surface area contributed by atoms with Crippen LogP contribution in [0.4, 0.5) is 26.3 Å². The maximum absolute atomic E-state index is 14.6. The Balaban J connectivity index is 1.54. The lowest BCUT2D eigenvalue weighted by Crippen LogP contribution is -1.97. The van der Waals surface area contributed by atoms with E-state index in [2.05, 4.69) is 23.7 Å². The Morgan fingerprint density at radius 2 is 1.32 bits per heavy atom. The molecule has 4 aromatic carbocycles. The molecular weight excluding hydrogens is 490 g/mol. The van der Waals surface area contributed by atoms with E-state index in [1.165, 1.54) is 42.5 Å². The molecule has 4 rings (SSSR count). The molecule has 1 nitrogen and oxygen atoms in total. The van der Waals surface area contributed by atoms with Gasteiger partial charge in [0.2, 0.25) is 0 Å². The van der Waals surface area contributed by atoms with Crippen LogP contribution in [0.15, 0.2) is 54.6 Å². The van der Waals surface area contributed by atoms with Crippen LogP contribution in [0.25, 0.3) is 10.8 Å². The number of rotatable bonds is 4. The molecule has 0 unspecified atom stereocenters. The van der Waals surface area contributed by atoms with Gasteiger partial charge >= 0.3 is 0 Å². The minimum absolute atomic E-state index is 0.0138. The number of hydrogen-bond donors (Lipinski definition) is 0. The smallest absolute Gasteiger partial charge is 0.195 e. The summed E-state index contributed by atoms with van der Waals surface area (Å²) in [6.07, 6.45) is 1.07. The van der Waals surface area contributed by atoms with Gasteiger partial charge in [0.15, 0.2) is 17.5 Å². The molecule has 0 aliphatic carbocycles. The second-order valence-electron chi connectivity index (χ2n) is 8.15. The van der Waals surface area contributed by atoms with Gasteiger partial charge < -0.3 is 4.74 Å². The van der Waals surface area contributed by atoms with E-state index < -0.39 is 40.5 Å². The molecule has 0 aliphatic rings. The van der Waals surface area contributed by atoms with E-state index in [4.69, 9.17) is 4.74 Å². The van der Waals surface area contributed by atoms with Gasteiger partial charge in [-0.2, -0.15) is 0 Å². The van der Waals surface area contributed by atoms with Gasteiger partial charge in [0.05, 0.1) is 11.1 Å². The number of fused-ring (bicyclic) bond motifs is 1. The SMILES string of the molecule is COCCCc1cc(F)c(C#Cc2ccc(C#Cc3ccc4c(F)c(F)c(F)cc4c3)c(F)c2)c(F)c1. The second kappa shape index (κ2) is 11.2. The van der Waals surface area contributed by atoms with Crippen LogP contribution in [0.2, 0.25) is 0 Å². The molecule has 4 aromatic rings. The lowest BCUT2D eigenvalue weighted by atomic mass is 10.0. The molecule has 0 spiro atoms. The van der Waals surface area contributed by atoms with Crippen LogP contribution >= 0.6 is 0 Å². The van der Waals surface area contributed by atoms with E-state index in [0.717, 1.165) is 12.1 Å². The van der Waals surface area contributed by atoms with Gasteiger partial charge in [0, 0.05) is 30.2 Å². The maximum Gasteiger partial charge on any atom is 0.195 e. The Morgan fingerprint density at radius 1 is 0.649 bits per heavy atom. The molecule has 0 heterocycles. The van der Waals surface area contributed by atoms with Gasteiger partial charge in [-0.3, -0.25) is 0 Å². The molecule has 0 aliphatic heterocycles. The van der Waals surface area contributed by atoms with Gasteiger partial charge in [-0.25, -0.2) is 26.3 Å². The standard InChI is InChI=1S/C30H18F6O/c1-37-12-2-3-20-15-26(32)24(27(33)16-20)11-7-19-5-9-21(25(31)14-19)8-4-18-6-10-23-22(13-18)17-28(34)30(36)29(23)35/h5-6,9-10,13-17H,2-3,12H2,1H3. The number of methoxy groups -OCH3 is 1. The molecule has 7 heteroatoms. The van der Waals surface area contributed by atoms with Crippen molar-refractivity contribution in [1.82, 2.24) is 0 Å². The number of aryl methyl sites for hydroxylation is 1. The van der Waals surface area contributed by atoms with E-state index in [1.54, 1.807) is 7.11 Å². The molecule has 186 valence electrons. The van der Waals surface area contributed by atoms with Crippen molar-refractivity contribution in [3.63, 3.8) is 0 Å². The van der Waals surface area contributed by atoms with Crippen molar-refractivity contribution in [1.29, 1.82) is 0 Å². The topological polar surface area (TPSA) is 9.23 Å². The van der Waals surface area contributed by atoms with Crippen LogP contribution < -0.4 is 0 Å². The van der Waals surface area contributed by atoms with Crippen molar-refractivity contribution in [2.75, 3.05) is 13.7 Å². The summed E-state index contributed by atoms with van der Waals surface area (Å²) in [5.41, 5.74) is 0.603. The fourth-order valence-electron chi connectivity index (χ4n) is 3.66. The molecule has 0 N–H and O–H groups in total. The minimum atomic E-state index is -1.56. The summed E-state index contributed by atoms with van der Waals surface area (Å²) in [5.74, 6) is 3.77. The summed E-state index contributed by atoms with van der Waals surface area (Å²) in [7, 11) is 1.54. The fraction of sp³-hybridized carbons (Fsp3) is 0.133. The fourth-order valence-corrected chi connectivity index (χ4v) is 3.66. The predicted octanol–water partition coefficient (Wildman–Crippen LogP) is 7.05. The Labute approximate surface area is 209 Å². The average molecular weight is 508 g/mol. The van der Waals surface area contributed by atoms with Crippen molar-refractivity contribution < 1.29 is 31.1 Å². The summed E-state index contributed by atoms with van der Waals surface area (Å²) >= 11 is 0. The molecule has 0 radical (unpaired) electrons. The molecule has 0 fully saturated rings. The van der Waals surface area contributed by atoms with Crippen LogP contribution in [-0.2, 0) is 11.2 Å². The quantitative estimate of drug-likeness (QED) is 0.124. The summed E-state index contributed by atoms with van der Waals surface area (Å²) in [4.78, 5) is 0. The number of halogens is 6. The second-order valence-corrected chi connectivity index (χ2v) is 8.15. The van der Waals surface area contributed by atoms with Crippen molar-refractivity contribution in [3.8, 4) is 23.7 Å². The third-order valence-corrected chi connectivity index (χ3v) is 5.53. The highest BCUT2D eigenvalue weighted by Gasteiger charge is 2.13. The highest BCUT2D eigenvalue weighted by atomic mass is 19.2. The monoisotopic (exact) mass is 508 g/mol. The van der Waals surface area contributed by atoms with Gasteiger partial charge in [-0.1, -0.05) is 29.7 Å². The lowest BCUT2D eigenvalue weighted by Gasteiger charge is -2.04. The van der Waals surface area contributed by atoms with E-state index in [-0.39, 0.29) is 21.9 Å². The first-order valence-electron chi connectivity index (χ1n) is 11.1. The third-order valence-electron chi connectivity index (χ3n) is 5.53. The van der Waals surface area contributed by atoms with Crippen LogP contribution in [0.1, 0.15) is 34.2 Å². The van der Waals surface area contributed by atoms with Crippen molar-refractivity contribution in [2.45, 2.75) is 12.8 Å². The first-order valence-corrected chi connectivity index (χ1v) is 11.1. The summed E-state index contributed by atoms with van der Waals surface area (Å²) in [6, 6.07) is 11.2. The van der Waals surface area contributed by atoms with E-state index in [1.807, 2.05) is 0 Å². The minimum Gasteiger partial charge on any atom is -0.385 e. The van der Waals surface area contributed by atoms with Gasteiger partial charge in [0.1, 0.15) is 17.5 Å². The first-order chi connectivity index (χ1) is 17.8. The lowest BCUT2D eigenvalue weighted by molar-refractivity contribution is 0.195. The predicted molar refractivity (Wildman–Crippen MR) is 129 cm³/mol. The van der Waals surface area contributed by atoms with Crippen molar-refractivity contribution >= 4 is 10.8 Å². The molecule has 0 saturated carbocycles. The van der Waals surface area contributed by atoms with E-state index in [0.29, 0.717) is 30.6 Å². The molecule has 0 amide bonds. The summed E-state index contributed by atoms with van der Waals surface area (Å²) in [5, 5.41) is 0.00364. The highest BCUT2D eigenvalue weighted by molar-refractivity contribution is 5.84. The Kier molecular flexibility index (Phi) is 7.86. The van der Waals surface area contributed by atoms with Crippen LogP contribution in [0.3, 0.4) is 0 Å². The summed E-state index contributed by atoms with van der Waals surface area (Å²) < 4.78 is 89.0. The zero-order valence-electron chi connectivity index (χ0n) is 19.5. The van der Waals surface area contributed by atoms with Gasteiger partial charge in [-0.05, 0) is 72.3 Å². The van der Waals surface area contributed by atoms with Crippen molar-refractivity contribution in [3.05, 3.63) is 117 Å². The van der Waals surface area contributed by atoms with Crippen LogP contribution in [0, 0.1) is 58.6 Å². The Hall–Kier alpha value is -4.20. The molecule has 37 heavy (non-hydrogen) atoms. The van der Waals surface area contributed by atoms with Crippen LogP contribution in [-0.4, -0.2) is 13.7 Å². The first kappa shape index (κ1) is 25.9. The average Bonchev–Trinajstić information content (AvgIpc) is 2.86. The molecule has 0 atom stereocenters. The Morgan fingerprint density at radius 3 is 2.03 bits per heavy atom. The van der Waals surface area contributed by atoms with E-state index >= 15 is 0 Å². The molecule has 0 bridgehead atoms. The molecule has 0 saturated heterocycles. The van der Waals surface area contributed by atoms with Gasteiger partial charge in [-0.15, -0.1) is 0 Å². The Bertz CT molecular complexity index is 1600. The summed E-state index contributed by atoms with van der Waals surface area (Å²) in [6.45, 7) is 0.472. The maximum atomic E-state index is 14.6. The molecular formula is C30H18F6O. The zero-order valence-corrected chi connectivity index (χ0v) is 19.5. The van der Waals surface area contributed by atoms with Crippen molar-refractivity contribution in [2.24, 2.45) is 0 Å².